The summed E-state index contributed by atoms with van der Waals surface area (Å²) in [7, 11) is 3.28. The largest absolute Gasteiger partial charge is 0.481 e. The second-order valence-electron chi connectivity index (χ2n) is 6.18. The van der Waals surface area contributed by atoms with Gasteiger partial charge in [-0.15, -0.1) is 0 Å². The Bertz CT molecular complexity index is 708. The van der Waals surface area contributed by atoms with E-state index in [4.69, 9.17) is 21.7 Å². The zero-order valence-electron chi connectivity index (χ0n) is 14.1. The van der Waals surface area contributed by atoms with Gasteiger partial charge in [-0.1, -0.05) is 45.0 Å². The van der Waals surface area contributed by atoms with Gasteiger partial charge < -0.3 is 14.8 Å². The highest BCUT2D eigenvalue weighted by atomic mass is 32.1. The maximum atomic E-state index is 5.65. The van der Waals surface area contributed by atoms with Crippen LogP contribution in [0.2, 0.25) is 0 Å². The molecule has 2 aromatic rings. The van der Waals surface area contributed by atoms with Crippen LogP contribution in [0.1, 0.15) is 26.3 Å². The molecule has 0 aliphatic rings. The molecule has 4 nitrogen and oxygen atoms in total. The van der Waals surface area contributed by atoms with E-state index >= 15 is 0 Å². The number of nitrogens with zero attached hydrogens (tertiary/aromatic N) is 1. The van der Waals surface area contributed by atoms with Crippen molar-refractivity contribution in [3.05, 3.63) is 42.0 Å². The van der Waals surface area contributed by atoms with E-state index in [0.717, 1.165) is 11.1 Å². The molecule has 0 saturated carbocycles. The Morgan fingerprint density at radius 1 is 1.17 bits per heavy atom. The summed E-state index contributed by atoms with van der Waals surface area (Å²) in [4.78, 5) is 4.38. The lowest BCUT2D eigenvalue weighted by Gasteiger charge is -2.20. The highest BCUT2D eigenvalue weighted by Crippen LogP contribution is 2.33. The van der Waals surface area contributed by atoms with Crippen molar-refractivity contribution in [1.29, 1.82) is 0 Å². The highest BCUT2D eigenvalue weighted by Gasteiger charge is 2.17. The second-order valence-corrected chi connectivity index (χ2v) is 6.55. The lowest BCUT2D eigenvalue weighted by atomic mass is 9.85. The first-order chi connectivity index (χ1) is 10.8. The molecule has 0 fully saturated rings. The first-order valence-corrected chi connectivity index (χ1v) is 7.81. The molecule has 1 N–H and O–H groups in total. The van der Waals surface area contributed by atoms with Crippen molar-refractivity contribution in [1.82, 2.24) is 10.3 Å². The fourth-order valence-corrected chi connectivity index (χ4v) is 2.21. The summed E-state index contributed by atoms with van der Waals surface area (Å²) >= 11 is 5.10. The topological polar surface area (TPSA) is 43.4 Å². The zero-order valence-corrected chi connectivity index (χ0v) is 15.0. The molecule has 1 aromatic heterocycles. The molecule has 122 valence electrons. The van der Waals surface area contributed by atoms with Gasteiger partial charge >= 0.3 is 0 Å². The Morgan fingerprint density at radius 3 is 2.52 bits per heavy atom. The molecular weight excluding hydrogens is 308 g/mol. The van der Waals surface area contributed by atoms with Gasteiger partial charge in [-0.2, -0.15) is 4.98 Å². The van der Waals surface area contributed by atoms with Crippen LogP contribution in [-0.2, 0) is 5.41 Å². The Hall–Kier alpha value is -2.14. The monoisotopic (exact) mass is 330 g/mol. The number of pyridine rings is 1. The van der Waals surface area contributed by atoms with Crippen LogP contribution in [0.4, 0.5) is 0 Å². The van der Waals surface area contributed by atoms with E-state index in [-0.39, 0.29) is 10.6 Å². The standard InChI is InChI=1S/C18H22N2O2S/c1-18(2,3)13-8-6-7-12(11-13)14-9-10-15(21-5)20-16(14)22-17(23)19-4/h6-11H,1-5H3,(H,19,23). The minimum atomic E-state index is 0.0667. The molecule has 0 bridgehead atoms. The van der Waals surface area contributed by atoms with Gasteiger partial charge in [0.25, 0.3) is 5.17 Å². The summed E-state index contributed by atoms with van der Waals surface area (Å²) in [6, 6.07) is 12.1. The van der Waals surface area contributed by atoms with Crippen molar-refractivity contribution in [2.45, 2.75) is 26.2 Å². The summed E-state index contributed by atoms with van der Waals surface area (Å²) in [6.45, 7) is 6.56. The van der Waals surface area contributed by atoms with Crippen LogP contribution in [-0.4, -0.2) is 24.3 Å². The Morgan fingerprint density at radius 2 is 1.91 bits per heavy atom. The average molecular weight is 330 g/mol. The van der Waals surface area contributed by atoms with Gasteiger partial charge in [-0.25, -0.2) is 0 Å². The molecule has 0 aliphatic heterocycles. The van der Waals surface area contributed by atoms with Crippen molar-refractivity contribution in [3.63, 3.8) is 0 Å². The maximum Gasteiger partial charge on any atom is 0.263 e. The van der Waals surface area contributed by atoms with Crippen molar-refractivity contribution in [2.24, 2.45) is 0 Å². The lowest BCUT2D eigenvalue weighted by molar-refractivity contribution is 0.389. The van der Waals surface area contributed by atoms with Crippen LogP contribution in [0, 0.1) is 0 Å². The SMILES string of the molecule is CNC(=S)Oc1nc(OC)ccc1-c1cccc(C(C)(C)C)c1. The molecule has 0 amide bonds. The van der Waals surface area contributed by atoms with E-state index in [2.05, 4.69) is 43.2 Å². The van der Waals surface area contributed by atoms with Gasteiger partial charge in [0.05, 0.1) is 7.11 Å². The number of hydrogen-bond acceptors (Lipinski definition) is 4. The zero-order chi connectivity index (χ0) is 17.0. The third kappa shape index (κ3) is 4.20. The number of nitrogens with one attached hydrogen (secondary N) is 1. The van der Waals surface area contributed by atoms with E-state index in [1.165, 1.54) is 5.56 Å². The van der Waals surface area contributed by atoms with Crippen molar-refractivity contribution >= 4 is 17.4 Å². The molecule has 2 rings (SSSR count). The fourth-order valence-electron chi connectivity index (χ4n) is 2.13. The maximum absolute atomic E-state index is 5.65. The van der Waals surface area contributed by atoms with Gasteiger partial charge in [-0.3, -0.25) is 0 Å². The van der Waals surface area contributed by atoms with Crippen LogP contribution in [0.3, 0.4) is 0 Å². The first-order valence-electron chi connectivity index (χ1n) is 7.40. The molecule has 0 radical (unpaired) electrons. The third-order valence-electron chi connectivity index (χ3n) is 3.48. The van der Waals surface area contributed by atoms with E-state index < -0.39 is 0 Å². The molecule has 0 atom stereocenters. The number of hydrogen-bond donors (Lipinski definition) is 1. The number of aromatic nitrogens is 1. The third-order valence-corrected chi connectivity index (χ3v) is 3.76. The highest BCUT2D eigenvalue weighted by molar-refractivity contribution is 7.80. The van der Waals surface area contributed by atoms with Gasteiger partial charge in [0.15, 0.2) is 0 Å². The number of thiocarbonyl (C=S) groups is 1. The average Bonchev–Trinajstić information content (AvgIpc) is 2.54. The van der Waals surface area contributed by atoms with Crippen LogP contribution in [0.5, 0.6) is 11.8 Å². The Balaban J connectivity index is 2.52. The number of benzene rings is 1. The van der Waals surface area contributed by atoms with Gasteiger partial charge in [-0.05, 0) is 34.8 Å². The van der Waals surface area contributed by atoms with Gasteiger partial charge in [0.2, 0.25) is 11.8 Å². The predicted octanol–water partition coefficient (Wildman–Crippen LogP) is 3.94. The molecule has 23 heavy (non-hydrogen) atoms. The molecule has 0 spiro atoms. The van der Waals surface area contributed by atoms with E-state index in [0.29, 0.717) is 11.8 Å². The second kappa shape index (κ2) is 6.96. The molecular formula is C18H22N2O2S. The number of rotatable bonds is 3. The molecule has 1 heterocycles. The van der Waals surface area contributed by atoms with Crippen LogP contribution in [0.15, 0.2) is 36.4 Å². The molecule has 5 heteroatoms. The van der Waals surface area contributed by atoms with Gasteiger partial charge in [0.1, 0.15) is 0 Å². The first kappa shape index (κ1) is 17.2. The summed E-state index contributed by atoms with van der Waals surface area (Å²) in [5.41, 5.74) is 3.21. The summed E-state index contributed by atoms with van der Waals surface area (Å²) in [5.74, 6) is 0.907. The van der Waals surface area contributed by atoms with Crippen LogP contribution >= 0.6 is 12.2 Å². The summed E-state index contributed by atoms with van der Waals surface area (Å²) in [6.07, 6.45) is 0. The van der Waals surface area contributed by atoms with Crippen molar-refractivity contribution < 1.29 is 9.47 Å². The normalized spacial score (nSPS) is 11.0. The van der Waals surface area contributed by atoms with Crippen LogP contribution < -0.4 is 14.8 Å². The molecule has 1 aromatic carbocycles. The fraction of sp³-hybridized carbons (Fsp3) is 0.333. The smallest absolute Gasteiger partial charge is 0.263 e. The quantitative estimate of drug-likeness (QED) is 0.864. The molecule has 0 saturated heterocycles. The van der Waals surface area contributed by atoms with Gasteiger partial charge in [0, 0.05) is 18.7 Å². The van der Waals surface area contributed by atoms with E-state index in [1.54, 1.807) is 14.2 Å². The van der Waals surface area contributed by atoms with E-state index in [1.807, 2.05) is 24.3 Å². The molecule has 0 unspecified atom stereocenters. The number of ether oxygens (including phenoxy) is 2. The Kier molecular flexibility index (Phi) is 5.21. The Labute approximate surface area is 142 Å². The summed E-state index contributed by atoms with van der Waals surface area (Å²) < 4.78 is 10.8. The lowest BCUT2D eigenvalue weighted by Crippen LogP contribution is -2.22. The molecule has 0 aliphatic carbocycles. The minimum Gasteiger partial charge on any atom is -0.481 e. The van der Waals surface area contributed by atoms with E-state index in [9.17, 15) is 0 Å². The number of methoxy groups -OCH3 is 1. The van der Waals surface area contributed by atoms with Crippen molar-refractivity contribution in [3.8, 4) is 22.9 Å². The predicted molar refractivity (Wildman–Crippen MR) is 97.2 cm³/mol. The van der Waals surface area contributed by atoms with Crippen LogP contribution in [0.25, 0.3) is 11.1 Å². The van der Waals surface area contributed by atoms with Crippen molar-refractivity contribution in [2.75, 3.05) is 14.2 Å². The minimum absolute atomic E-state index is 0.0667. The summed E-state index contributed by atoms with van der Waals surface area (Å²) in [5, 5.41) is 3.06.